The van der Waals surface area contributed by atoms with Crippen molar-refractivity contribution in [2.75, 3.05) is 13.2 Å². The Morgan fingerprint density at radius 3 is 2.47 bits per heavy atom. The second kappa shape index (κ2) is 6.25. The van der Waals surface area contributed by atoms with E-state index in [4.69, 9.17) is 10.5 Å². The molecule has 0 spiro atoms. The van der Waals surface area contributed by atoms with Crippen molar-refractivity contribution in [1.29, 1.82) is 0 Å². The quantitative estimate of drug-likeness (QED) is 0.786. The highest BCUT2D eigenvalue weighted by Gasteiger charge is 2.33. The van der Waals surface area contributed by atoms with Gasteiger partial charge in [-0.05, 0) is 31.9 Å². The summed E-state index contributed by atoms with van der Waals surface area (Å²) >= 11 is 0. The summed E-state index contributed by atoms with van der Waals surface area (Å²) in [4.78, 5) is 0. The topological polar surface area (TPSA) is 55.5 Å². The molecule has 0 aromatic heterocycles. The molecule has 6 heteroatoms. The first-order valence-corrected chi connectivity index (χ1v) is 5.98. The van der Waals surface area contributed by atoms with E-state index in [-0.39, 0.29) is 18.9 Å². The number of aliphatic hydroxyl groups is 1. The van der Waals surface area contributed by atoms with Gasteiger partial charge in [0, 0.05) is 6.54 Å². The Bertz CT molecular complexity index is 405. The van der Waals surface area contributed by atoms with E-state index in [1.165, 1.54) is 18.2 Å². The molecule has 0 amide bonds. The number of rotatable bonds is 6. The van der Waals surface area contributed by atoms with Crippen LogP contribution in [0.5, 0.6) is 5.75 Å². The van der Waals surface area contributed by atoms with Gasteiger partial charge in [-0.15, -0.1) is 0 Å². The van der Waals surface area contributed by atoms with Crippen LogP contribution in [-0.2, 0) is 6.18 Å². The van der Waals surface area contributed by atoms with Crippen molar-refractivity contribution in [3.63, 3.8) is 0 Å². The number of halogens is 3. The number of nitrogens with two attached hydrogens (primary N) is 1. The summed E-state index contributed by atoms with van der Waals surface area (Å²) in [5, 5.41) is 9.64. The molecule has 0 radical (unpaired) electrons. The van der Waals surface area contributed by atoms with Gasteiger partial charge in [-0.3, -0.25) is 0 Å². The SMILES string of the molecule is CC(O)(CN)CCCOc1ccccc1C(F)(F)F. The van der Waals surface area contributed by atoms with Crippen molar-refractivity contribution in [2.24, 2.45) is 5.73 Å². The van der Waals surface area contributed by atoms with Crippen molar-refractivity contribution < 1.29 is 23.0 Å². The van der Waals surface area contributed by atoms with Crippen molar-refractivity contribution in [2.45, 2.75) is 31.5 Å². The van der Waals surface area contributed by atoms with Crippen LogP contribution in [0.3, 0.4) is 0 Å². The van der Waals surface area contributed by atoms with Gasteiger partial charge in [0.05, 0.1) is 17.8 Å². The molecule has 108 valence electrons. The number of alkyl halides is 3. The second-order valence-electron chi connectivity index (χ2n) is 4.65. The van der Waals surface area contributed by atoms with Gasteiger partial charge in [-0.2, -0.15) is 13.2 Å². The Hall–Kier alpha value is -1.27. The lowest BCUT2D eigenvalue weighted by Gasteiger charge is -2.21. The van der Waals surface area contributed by atoms with Crippen LogP contribution < -0.4 is 10.5 Å². The van der Waals surface area contributed by atoms with E-state index < -0.39 is 17.3 Å². The molecule has 1 rings (SSSR count). The lowest BCUT2D eigenvalue weighted by atomic mass is 10.0. The van der Waals surface area contributed by atoms with Gasteiger partial charge in [0.2, 0.25) is 0 Å². The van der Waals surface area contributed by atoms with Gasteiger partial charge in [-0.1, -0.05) is 12.1 Å². The normalized spacial score (nSPS) is 15.1. The summed E-state index contributed by atoms with van der Waals surface area (Å²) in [5.74, 6) is -0.192. The first-order valence-electron chi connectivity index (χ1n) is 5.98. The third-order valence-corrected chi connectivity index (χ3v) is 2.75. The van der Waals surface area contributed by atoms with Crippen molar-refractivity contribution in [3.05, 3.63) is 29.8 Å². The van der Waals surface area contributed by atoms with Crippen molar-refractivity contribution in [3.8, 4) is 5.75 Å². The molecular formula is C13H18F3NO2. The molecule has 1 aromatic carbocycles. The first kappa shape index (κ1) is 15.8. The van der Waals surface area contributed by atoms with E-state index in [9.17, 15) is 18.3 Å². The lowest BCUT2D eigenvalue weighted by Crippen LogP contribution is -2.34. The summed E-state index contributed by atoms with van der Waals surface area (Å²) in [6, 6.07) is 5.06. The van der Waals surface area contributed by atoms with E-state index in [2.05, 4.69) is 0 Å². The zero-order chi connectivity index (χ0) is 14.5. The van der Waals surface area contributed by atoms with Crippen molar-refractivity contribution >= 4 is 0 Å². The highest BCUT2D eigenvalue weighted by Crippen LogP contribution is 2.35. The van der Waals surface area contributed by atoms with Crippen LogP contribution in [0.25, 0.3) is 0 Å². The maximum atomic E-state index is 12.7. The Morgan fingerprint density at radius 1 is 1.26 bits per heavy atom. The molecule has 0 aliphatic rings. The molecule has 0 bridgehead atoms. The predicted molar refractivity (Wildman–Crippen MR) is 65.9 cm³/mol. The minimum absolute atomic E-state index is 0.100. The van der Waals surface area contributed by atoms with E-state index in [0.29, 0.717) is 12.8 Å². The predicted octanol–water partition coefficient (Wildman–Crippen LogP) is 2.57. The fraction of sp³-hybridized carbons (Fsp3) is 0.538. The molecule has 3 N–H and O–H groups in total. The van der Waals surface area contributed by atoms with Gasteiger partial charge in [-0.25, -0.2) is 0 Å². The van der Waals surface area contributed by atoms with E-state index in [1.807, 2.05) is 0 Å². The summed E-state index contributed by atoms with van der Waals surface area (Å²) in [7, 11) is 0. The zero-order valence-corrected chi connectivity index (χ0v) is 10.7. The Labute approximate surface area is 110 Å². The summed E-state index contributed by atoms with van der Waals surface area (Å²) < 4.78 is 43.1. The molecule has 0 saturated carbocycles. The van der Waals surface area contributed by atoms with Gasteiger partial charge in [0.1, 0.15) is 5.75 Å². The maximum Gasteiger partial charge on any atom is 0.419 e. The van der Waals surface area contributed by atoms with Gasteiger partial charge >= 0.3 is 6.18 Å². The fourth-order valence-electron chi connectivity index (χ4n) is 1.56. The summed E-state index contributed by atoms with van der Waals surface area (Å²) in [6.45, 7) is 1.78. The smallest absolute Gasteiger partial charge is 0.419 e. The van der Waals surface area contributed by atoms with Gasteiger partial charge in [0.25, 0.3) is 0 Å². The van der Waals surface area contributed by atoms with Crippen LogP contribution in [0.4, 0.5) is 13.2 Å². The molecule has 0 fully saturated rings. The Balaban J connectivity index is 2.55. The standard InChI is InChI=1S/C13H18F3NO2/c1-12(18,9-17)7-4-8-19-11-6-3-2-5-10(11)13(14,15)16/h2-3,5-6,18H,4,7-9,17H2,1H3. The van der Waals surface area contributed by atoms with Crippen LogP contribution in [-0.4, -0.2) is 23.9 Å². The molecule has 0 heterocycles. The highest BCUT2D eigenvalue weighted by atomic mass is 19.4. The monoisotopic (exact) mass is 277 g/mol. The lowest BCUT2D eigenvalue weighted by molar-refractivity contribution is -0.139. The number of hydrogen-bond acceptors (Lipinski definition) is 3. The molecular weight excluding hydrogens is 259 g/mol. The molecule has 19 heavy (non-hydrogen) atoms. The van der Waals surface area contributed by atoms with E-state index in [0.717, 1.165) is 6.07 Å². The first-order chi connectivity index (χ1) is 8.76. The minimum atomic E-state index is -4.43. The number of benzene rings is 1. The molecule has 1 unspecified atom stereocenters. The Kier molecular flexibility index (Phi) is 5.20. The summed E-state index contributed by atoms with van der Waals surface area (Å²) in [6.07, 6.45) is -3.63. The fourth-order valence-corrected chi connectivity index (χ4v) is 1.56. The molecule has 0 aliphatic heterocycles. The zero-order valence-electron chi connectivity index (χ0n) is 10.7. The van der Waals surface area contributed by atoms with Crippen LogP contribution in [0.15, 0.2) is 24.3 Å². The molecule has 0 aliphatic carbocycles. The number of hydrogen-bond donors (Lipinski definition) is 2. The number of ether oxygens (including phenoxy) is 1. The van der Waals surface area contributed by atoms with Crippen molar-refractivity contribution in [1.82, 2.24) is 0 Å². The third-order valence-electron chi connectivity index (χ3n) is 2.75. The third kappa shape index (κ3) is 5.08. The molecule has 1 aromatic rings. The molecule has 0 saturated heterocycles. The number of para-hydroxylation sites is 1. The van der Waals surface area contributed by atoms with E-state index >= 15 is 0 Å². The van der Waals surface area contributed by atoms with Gasteiger partial charge < -0.3 is 15.6 Å². The highest BCUT2D eigenvalue weighted by molar-refractivity contribution is 5.35. The molecule has 1 atom stereocenters. The van der Waals surface area contributed by atoms with Crippen LogP contribution >= 0.6 is 0 Å². The van der Waals surface area contributed by atoms with Crippen LogP contribution in [0, 0.1) is 0 Å². The maximum absolute atomic E-state index is 12.7. The average Bonchev–Trinajstić information content (AvgIpc) is 2.34. The molecule has 3 nitrogen and oxygen atoms in total. The average molecular weight is 277 g/mol. The second-order valence-corrected chi connectivity index (χ2v) is 4.65. The largest absolute Gasteiger partial charge is 0.493 e. The summed E-state index contributed by atoms with van der Waals surface area (Å²) in [5.41, 5.74) is 3.54. The van der Waals surface area contributed by atoms with Crippen LogP contribution in [0.2, 0.25) is 0 Å². The van der Waals surface area contributed by atoms with Crippen LogP contribution in [0.1, 0.15) is 25.3 Å². The minimum Gasteiger partial charge on any atom is -0.493 e. The van der Waals surface area contributed by atoms with E-state index in [1.54, 1.807) is 6.92 Å². The Morgan fingerprint density at radius 2 is 1.89 bits per heavy atom. The van der Waals surface area contributed by atoms with Gasteiger partial charge in [0.15, 0.2) is 0 Å².